The topological polar surface area (TPSA) is 127 Å². The van der Waals surface area contributed by atoms with Crippen molar-refractivity contribution in [3.05, 3.63) is 81.5 Å². The van der Waals surface area contributed by atoms with Gasteiger partial charge >= 0.3 is 0 Å². The Kier molecular flexibility index (Phi) is 5.28. The molecule has 0 saturated heterocycles. The lowest BCUT2D eigenvalue weighted by molar-refractivity contribution is -0.384. The van der Waals surface area contributed by atoms with Gasteiger partial charge < -0.3 is 5.32 Å². The summed E-state index contributed by atoms with van der Waals surface area (Å²) in [5, 5.41) is 18.3. The fraction of sp³-hybridized carbons (Fsp3) is 0.217. The van der Waals surface area contributed by atoms with E-state index in [1.807, 2.05) is 51.1 Å². The molecule has 0 fully saturated rings. The predicted molar refractivity (Wildman–Crippen MR) is 119 cm³/mol. The summed E-state index contributed by atoms with van der Waals surface area (Å²) in [7, 11) is 0. The number of para-hydroxylation sites is 1. The summed E-state index contributed by atoms with van der Waals surface area (Å²) in [6, 6.07) is 14.4. The van der Waals surface area contributed by atoms with Crippen LogP contribution in [0.1, 0.15) is 47.2 Å². The van der Waals surface area contributed by atoms with E-state index in [1.165, 1.54) is 6.07 Å². The number of nitro groups is 1. The van der Waals surface area contributed by atoms with Crippen molar-refractivity contribution in [2.45, 2.75) is 26.2 Å². The molecule has 0 spiro atoms. The second-order valence-electron chi connectivity index (χ2n) is 8.64. The minimum atomic E-state index is -0.749. The number of rotatable bonds is 5. The minimum absolute atomic E-state index is 0.0303. The van der Waals surface area contributed by atoms with Crippen molar-refractivity contribution in [2.75, 3.05) is 11.9 Å². The Labute approximate surface area is 189 Å². The van der Waals surface area contributed by atoms with Crippen LogP contribution in [-0.4, -0.2) is 43.9 Å². The van der Waals surface area contributed by atoms with Crippen molar-refractivity contribution in [3.63, 3.8) is 0 Å². The molecule has 0 atom stereocenters. The first kappa shape index (κ1) is 21.9. The lowest BCUT2D eigenvalue weighted by Crippen LogP contribution is -2.37. The molecule has 3 amide bonds. The number of benzene rings is 2. The number of nitrogens with one attached hydrogen (secondary N) is 1. The molecular weight excluding hydrogens is 426 g/mol. The number of carbonyl (C=O) groups excluding carboxylic acids is 3. The summed E-state index contributed by atoms with van der Waals surface area (Å²) >= 11 is 0. The van der Waals surface area contributed by atoms with Crippen molar-refractivity contribution in [2.24, 2.45) is 0 Å². The molecule has 2 heterocycles. The van der Waals surface area contributed by atoms with Crippen molar-refractivity contribution >= 4 is 29.2 Å². The van der Waals surface area contributed by atoms with Crippen LogP contribution in [0, 0.1) is 10.1 Å². The Balaban J connectivity index is 1.58. The summed E-state index contributed by atoms with van der Waals surface area (Å²) in [6.07, 6.45) is 0. The van der Waals surface area contributed by atoms with Gasteiger partial charge in [0.15, 0.2) is 0 Å². The van der Waals surface area contributed by atoms with Gasteiger partial charge in [-0.15, -0.1) is 0 Å². The van der Waals surface area contributed by atoms with Gasteiger partial charge in [0.05, 0.1) is 27.4 Å². The second-order valence-corrected chi connectivity index (χ2v) is 8.64. The van der Waals surface area contributed by atoms with E-state index in [1.54, 1.807) is 10.7 Å². The number of hydrogen-bond acceptors (Lipinski definition) is 6. The smallest absolute Gasteiger partial charge is 0.270 e. The average molecular weight is 447 g/mol. The first-order chi connectivity index (χ1) is 15.6. The van der Waals surface area contributed by atoms with E-state index in [9.17, 15) is 24.5 Å². The Morgan fingerprint density at radius 1 is 1.03 bits per heavy atom. The quantitative estimate of drug-likeness (QED) is 0.363. The Morgan fingerprint density at radius 2 is 1.70 bits per heavy atom. The molecule has 1 aliphatic rings. The molecule has 1 aliphatic heterocycles. The van der Waals surface area contributed by atoms with E-state index < -0.39 is 29.2 Å². The highest BCUT2D eigenvalue weighted by Gasteiger charge is 2.38. The molecule has 2 aromatic carbocycles. The largest absolute Gasteiger partial charge is 0.309 e. The van der Waals surface area contributed by atoms with E-state index in [0.29, 0.717) is 5.82 Å². The van der Waals surface area contributed by atoms with Gasteiger partial charge in [-0.05, 0) is 18.2 Å². The second kappa shape index (κ2) is 7.97. The van der Waals surface area contributed by atoms with E-state index >= 15 is 0 Å². The number of anilines is 1. The normalized spacial score (nSPS) is 13.2. The van der Waals surface area contributed by atoms with Gasteiger partial charge in [0, 0.05) is 23.6 Å². The zero-order valence-corrected chi connectivity index (χ0v) is 18.2. The molecule has 0 saturated carbocycles. The molecule has 10 nitrogen and oxygen atoms in total. The van der Waals surface area contributed by atoms with Crippen LogP contribution in [0.2, 0.25) is 0 Å². The maximum Gasteiger partial charge on any atom is 0.270 e. The van der Waals surface area contributed by atoms with Crippen LogP contribution in [0.15, 0.2) is 54.6 Å². The summed E-state index contributed by atoms with van der Waals surface area (Å²) < 4.78 is 1.59. The number of non-ortho nitro benzene ring substituents is 1. The number of aromatic nitrogens is 2. The molecule has 0 aliphatic carbocycles. The number of nitrogens with zero attached hydrogens (tertiary/aromatic N) is 4. The Hall–Kier alpha value is -4.34. The van der Waals surface area contributed by atoms with Crippen LogP contribution >= 0.6 is 0 Å². The Morgan fingerprint density at radius 3 is 2.33 bits per heavy atom. The van der Waals surface area contributed by atoms with Gasteiger partial charge in [0.25, 0.3) is 17.5 Å². The molecule has 168 valence electrons. The standard InChI is InChI=1S/C23H21N5O5/c1-23(2,3)18-12-19(27(25-18)14-7-5-4-6-8-14)24-20(29)13-26-21(30)16-10-9-15(28(32)33)11-17(16)22(26)31/h4-12H,13H2,1-3H3,(H,24,29). The van der Waals surface area contributed by atoms with Crippen LogP contribution in [0.25, 0.3) is 5.69 Å². The first-order valence-electron chi connectivity index (χ1n) is 10.2. The third-order valence-electron chi connectivity index (χ3n) is 5.21. The highest BCUT2D eigenvalue weighted by atomic mass is 16.6. The molecular formula is C23H21N5O5. The molecule has 4 rings (SSSR count). The summed E-state index contributed by atoms with van der Waals surface area (Å²) in [5.41, 5.74) is 0.833. The first-order valence-corrected chi connectivity index (χ1v) is 10.2. The summed E-state index contributed by atoms with van der Waals surface area (Å²) in [4.78, 5) is 49.3. The number of amides is 3. The zero-order chi connectivity index (χ0) is 23.9. The predicted octanol–water partition coefficient (Wildman–Crippen LogP) is 3.31. The van der Waals surface area contributed by atoms with Gasteiger partial charge in [-0.3, -0.25) is 29.4 Å². The molecule has 0 unspecified atom stereocenters. The number of carbonyl (C=O) groups is 3. The monoisotopic (exact) mass is 447 g/mol. The highest BCUT2D eigenvalue weighted by Crippen LogP contribution is 2.28. The molecule has 33 heavy (non-hydrogen) atoms. The third kappa shape index (κ3) is 4.10. The molecule has 1 aromatic heterocycles. The zero-order valence-electron chi connectivity index (χ0n) is 18.2. The van der Waals surface area contributed by atoms with Gasteiger partial charge in [0.1, 0.15) is 12.4 Å². The molecule has 0 bridgehead atoms. The maximum atomic E-state index is 12.8. The maximum absolute atomic E-state index is 12.8. The molecule has 10 heteroatoms. The van der Waals surface area contributed by atoms with Crippen molar-refractivity contribution < 1.29 is 19.3 Å². The van der Waals surface area contributed by atoms with Crippen molar-refractivity contribution in [3.8, 4) is 5.69 Å². The van der Waals surface area contributed by atoms with Gasteiger partial charge in [0.2, 0.25) is 5.91 Å². The van der Waals surface area contributed by atoms with Gasteiger partial charge in [-0.25, -0.2) is 4.68 Å². The lowest BCUT2D eigenvalue weighted by Gasteiger charge is -2.14. The van der Waals surface area contributed by atoms with Crippen LogP contribution in [-0.2, 0) is 10.2 Å². The molecule has 0 radical (unpaired) electrons. The van der Waals surface area contributed by atoms with Crippen molar-refractivity contribution in [1.82, 2.24) is 14.7 Å². The third-order valence-corrected chi connectivity index (χ3v) is 5.21. The number of nitro benzene ring substituents is 1. The molecule has 1 N–H and O–H groups in total. The van der Waals surface area contributed by atoms with E-state index in [4.69, 9.17) is 0 Å². The lowest BCUT2D eigenvalue weighted by atomic mass is 9.92. The van der Waals surface area contributed by atoms with E-state index in [2.05, 4.69) is 10.4 Å². The fourth-order valence-electron chi connectivity index (χ4n) is 3.46. The fourth-order valence-corrected chi connectivity index (χ4v) is 3.46. The summed E-state index contributed by atoms with van der Waals surface area (Å²) in [5.74, 6) is -1.63. The number of imide groups is 1. The van der Waals surface area contributed by atoms with E-state index in [0.717, 1.165) is 28.4 Å². The van der Waals surface area contributed by atoms with E-state index in [-0.39, 0.29) is 22.2 Å². The number of fused-ring (bicyclic) bond motifs is 1. The minimum Gasteiger partial charge on any atom is -0.309 e. The van der Waals surface area contributed by atoms with Gasteiger partial charge in [-0.2, -0.15) is 5.10 Å². The molecule has 3 aromatic rings. The highest BCUT2D eigenvalue weighted by molar-refractivity contribution is 6.23. The average Bonchev–Trinajstić information content (AvgIpc) is 3.29. The van der Waals surface area contributed by atoms with Crippen LogP contribution in [0.3, 0.4) is 0 Å². The Bertz CT molecular complexity index is 1290. The van der Waals surface area contributed by atoms with Crippen LogP contribution in [0.4, 0.5) is 11.5 Å². The van der Waals surface area contributed by atoms with Crippen molar-refractivity contribution in [1.29, 1.82) is 0 Å². The summed E-state index contributed by atoms with van der Waals surface area (Å²) in [6.45, 7) is 5.45. The van der Waals surface area contributed by atoms with Crippen LogP contribution in [0.5, 0.6) is 0 Å². The number of hydrogen-bond donors (Lipinski definition) is 1. The van der Waals surface area contributed by atoms with Crippen LogP contribution < -0.4 is 5.32 Å². The van der Waals surface area contributed by atoms with Gasteiger partial charge in [-0.1, -0.05) is 39.0 Å². The SMILES string of the molecule is CC(C)(C)c1cc(NC(=O)CN2C(=O)c3ccc([N+](=O)[O-])cc3C2=O)n(-c2ccccc2)n1.